The molecule has 1 unspecified atom stereocenters. The summed E-state index contributed by atoms with van der Waals surface area (Å²) in [5.74, 6) is -0.425. The van der Waals surface area contributed by atoms with Crippen molar-refractivity contribution in [1.82, 2.24) is 5.32 Å². The van der Waals surface area contributed by atoms with Crippen LogP contribution in [0, 0.1) is 22.9 Å². The first-order chi connectivity index (χ1) is 11.7. The molecule has 2 aromatic rings. The second kappa shape index (κ2) is 7.27. The summed E-state index contributed by atoms with van der Waals surface area (Å²) in [6.07, 6.45) is 0. The van der Waals surface area contributed by atoms with Crippen molar-refractivity contribution in [2.45, 2.75) is 19.4 Å². The van der Waals surface area contributed by atoms with Gasteiger partial charge in [0.2, 0.25) is 0 Å². The van der Waals surface area contributed by atoms with Gasteiger partial charge < -0.3 is 15.7 Å². The van der Waals surface area contributed by atoms with Crippen LogP contribution in [0.15, 0.2) is 42.5 Å². The van der Waals surface area contributed by atoms with E-state index in [0.717, 1.165) is 0 Å². The van der Waals surface area contributed by atoms with Gasteiger partial charge in [-0.1, -0.05) is 18.2 Å². The highest BCUT2D eigenvalue weighted by Gasteiger charge is 2.24. The highest BCUT2D eigenvalue weighted by molar-refractivity contribution is 5.89. The van der Waals surface area contributed by atoms with Crippen molar-refractivity contribution in [3.63, 3.8) is 0 Å². The number of anilines is 1. The molecule has 3 N–H and O–H groups in total. The minimum atomic E-state index is -1.40. The SMILES string of the molecule is Cc1ccc(NC(=O)NCC(C)(O)c2ccc(F)cc2)cc1[N+](=O)[O-]. The Hall–Kier alpha value is -3.00. The van der Waals surface area contributed by atoms with Crippen LogP contribution in [-0.4, -0.2) is 22.6 Å². The molecule has 2 rings (SSSR count). The van der Waals surface area contributed by atoms with E-state index in [1.807, 2.05) is 0 Å². The summed E-state index contributed by atoms with van der Waals surface area (Å²) < 4.78 is 12.9. The Morgan fingerprint density at radius 3 is 2.52 bits per heavy atom. The van der Waals surface area contributed by atoms with Crippen molar-refractivity contribution >= 4 is 17.4 Å². The van der Waals surface area contributed by atoms with Crippen LogP contribution in [0.25, 0.3) is 0 Å². The fraction of sp³-hybridized carbons (Fsp3) is 0.235. The molecule has 0 heterocycles. The zero-order chi connectivity index (χ0) is 18.6. The molecular formula is C17H18FN3O4. The number of benzene rings is 2. The molecule has 0 aliphatic rings. The number of nitro groups is 1. The topological polar surface area (TPSA) is 104 Å². The number of nitro benzene ring substituents is 1. The Kier molecular flexibility index (Phi) is 5.33. The highest BCUT2D eigenvalue weighted by Crippen LogP contribution is 2.23. The number of aryl methyl sites for hydroxylation is 1. The maximum atomic E-state index is 12.9. The summed E-state index contributed by atoms with van der Waals surface area (Å²) in [7, 11) is 0. The fourth-order valence-electron chi connectivity index (χ4n) is 2.22. The van der Waals surface area contributed by atoms with Crippen molar-refractivity contribution in [2.24, 2.45) is 0 Å². The van der Waals surface area contributed by atoms with Crippen LogP contribution in [0.1, 0.15) is 18.1 Å². The van der Waals surface area contributed by atoms with E-state index >= 15 is 0 Å². The number of aliphatic hydroxyl groups is 1. The third-order valence-electron chi connectivity index (χ3n) is 3.72. The second-order valence-electron chi connectivity index (χ2n) is 5.85. The normalized spacial score (nSPS) is 13.0. The number of amides is 2. The van der Waals surface area contributed by atoms with Gasteiger partial charge in [-0.15, -0.1) is 0 Å². The van der Waals surface area contributed by atoms with Crippen LogP contribution < -0.4 is 10.6 Å². The van der Waals surface area contributed by atoms with Crippen molar-refractivity contribution in [3.8, 4) is 0 Å². The molecule has 7 nitrogen and oxygen atoms in total. The Morgan fingerprint density at radius 1 is 1.28 bits per heavy atom. The number of hydrogen-bond donors (Lipinski definition) is 3. The Bertz CT molecular complexity index is 791. The van der Waals surface area contributed by atoms with Gasteiger partial charge in [0.05, 0.1) is 11.5 Å². The van der Waals surface area contributed by atoms with E-state index in [1.165, 1.54) is 43.3 Å². The molecule has 0 saturated heterocycles. The van der Waals surface area contributed by atoms with Crippen molar-refractivity contribution in [1.29, 1.82) is 0 Å². The molecule has 0 saturated carbocycles. The lowest BCUT2D eigenvalue weighted by molar-refractivity contribution is -0.385. The quantitative estimate of drug-likeness (QED) is 0.571. The maximum absolute atomic E-state index is 12.9. The largest absolute Gasteiger partial charge is 0.384 e. The number of carbonyl (C=O) groups is 1. The van der Waals surface area contributed by atoms with Crippen LogP contribution in [-0.2, 0) is 5.60 Å². The fourth-order valence-corrected chi connectivity index (χ4v) is 2.22. The number of hydrogen-bond acceptors (Lipinski definition) is 4. The van der Waals surface area contributed by atoms with Crippen LogP contribution in [0.4, 0.5) is 20.6 Å². The van der Waals surface area contributed by atoms with Gasteiger partial charge in [-0.2, -0.15) is 0 Å². The first-order valence-corrected chi connectivity index (χ1v) is 7.47. The molecule has 132 valence electrons. The van der Waals surface area contributed by atoms with Gasteiger partial charge in [0.25, 0.3) is 5.69 Å². The summed E-state index contributed by atoms with van der Waals surface area (Å²) >= 11 is 0. The number of nitrogens with zero attached hydrogens (tertiary/aromatic N) is 1. The minimum Gasteiger partial charge on any atom is -0.384 e. The second-order valence-corrected chi connectivity index (χ2v) is 5.85. The first kappa shape index (κ1) is 18.3. The lowest BCUT2D eigenvalue weighted by Gasteiger charge is -2.24. The number of urea groups is 1. The summed E-state index contributed by atoms with van der Waals surface area (Å²) in [6.45, 7) is 2.96. The average molecular weight is 347 g/mol. The van der Waals surface area contributed by atoms with Gasteiger partial charge in [-0.25, -0.2) is 9.18 Å². The average Bonchev–Trinajstić information content (AvgIpc) is 2.55. The molecular weight excluding hydrogens is 329 g/mol. The van der Waals surface area contributed by atoms with Gasteiger partial charge in [0.15, 0.2) is 0 Å². The van der Waals surface area contributed by atoms with Gasteiger partial charge in [-0.3, -0.25) is 10.1 Å². The summed E-state index contributed by atoms with van der Waals surface area (Å²) in [6, 6.07) is 9.00. The predicted molar refractivity (Wildman–Crippen MR) is 90.8 cm³/mol. The van der Waals surface area contributed by atoms with E-state index in [2.05, 4.69) is 10.6 Å². The molecule has 0 aliphatic heterocycles. The summed E-state index contributed by atoms with van der Waals surface area (Å²) in [4.78, 5) is 22.3. The number of halogens is 1. The zero-order valence-electron chi connectivity index (χ0n) is 13.7. The van der Waals surface area contributed by atoms with Crippen LogP contribution >= 0.6 is 0 Å². The van der Waals surface area contributed by atoms with Crippen molar-refractivity contribution < 1.29 is 19.2 Å². The van der Waals surface area contributed by atoms with E-state index < -0.39 is 22.4 Å². The standard InChI is InChI=1S/C17H18FN3O4/c1-11-3-8-14(9-15(11)21(24)25)20-16(22)19-10-17(2,23)12-4-6-13(18)7-5-12/h3-9,23H,10H2,1-2H3,(H2,19,20,22). The summed E-state index contributed by atoms with van der Waals surface area (Å²) in [5.41, 5.74) is -0.313. The van der Waals surface area contributed by atoms with Gasteiger partial charge in [-0.05, 0) is 37.6 Å². The van der Waals surface area contributed by atoms with Crippen LogP contribution in [0.5, 0.6) is 0 Å². The number of nitrogens with one attached hydrogen (secondary N) is 2. The third-order valence-corrected chi connectivity index (χ3v) is 3.72. The minimum absolute atomic E-state index is 0.101. The molecule has 0 aliphatic carbocycles. The lowest BCUT2D eigenvalue weighted by Crippen LogP contribution is -2.40. The van der Waals surface area contributed by atoms with Gasteiger partial charge in [0, 0.05) is 17.3 Å². The molecule has 0 fully saturated rings. The highest BCUT2D eigenvalue weighted by atomic mass is 19.1. The number of carbonyl (C=O) groups excluding carboxylic acids is 1. The van der Waals surface area contributed by atoms with Crippen molar-refractivity contribution in [3.05, 3.63) is 69.5 Å². The maximum Gasteiger partial charge on any atom is 0.319 e. The first-order valence-electron chi connectivity index (χ1n) is 7.47. The monoisotopic (exact) mass is 347 g/mol. The molecule has 0 radical (unpaired) electrons. The van der Waals surface area contributed by atoms with E-state index in [0.29, 0.717) is 11.1 Å². The molecule has 0 aromatic heterocycles. The lowest BCUT2D eigenvalue weighted by atomic mass is 9.96. The molecule has 2 amide bonds. The Morgan fingerprint density at radius 2 is 1.92 bits per heavy atom. The molecule has 1 atom stereocenters. The molecule has 0 bridgehead atoms. The number of rotatable bonds is 5. The van der Waals surface area contributed by atoms with E-state index in [9.17, 15) is 24.4 Å². The summed E-state index contributed by atoms with van der Waals surface area (Å²) in [5, 5.41) is 26.3. The van der Waals surface area contributed by atoms with E-state index in [1.54, 1.807) is 13.0 Å². The molecule has 25 heavy (non-hydrogen) atoms. The van der Waals surface area contributed by atoms with Gasteiger partial charge >= 0.3 is 6.03 Å². The van der Waals surface area contributed by atoms with E-state index in [-0.39, 0.29) is 17.9 Å². The molecule has 2 aromatic carbocycles. The van der Waals surface area contributed by atoms with Crippen LogP contribution in [0.3, 0.4) is 0 Å². The predicted octanol–water partition coefficient (Wildman–Crippen LogP) is 3.07. The van der Waals surface area contributed by atoms with E-state index in [4.69, 9.17) is 0 Å². The smallest absolute Gasteiger partial charge is 0.319 e. The molecule has 0 spiro atoms. The zero-order valence-corrected chi connectivity index (χ0v) is 13.7. The van der Waals surface area contributed by atoms with Crippen LogP contribution in [0.2, 0.25) is 0 Å². The molecule has 8 heteroatoms. The Balaban J connectivity index is 1.99. The Labute approximate surface area is 143 Å². The third kappa shape index (κ3) is 4.74. The van der Waals surface area contributed by atoms with Gasteiger partial charge in [0.1, 0.15) is 11.4 Å². The van der Waals surface area contributed by atoms with Crippen molar-refractivity contribution in [2.75, 3.05) is 11.9 Å².